The van der Waals surface area contributed by atoms with Crippen LogP contribution in [-0.2, 0) is 20.2 Å². The number of sulfonamides is 1. The van der Waals surface area contributed by atoms with Crippen molar-refractivity contribution in [3.05, 3.63) is 42.2 Å². The molecule has 14 heteroatoms. The Hall–Kier alpha value is -3.49. The summed E-state index contributed by atoms with van der Waals surface area (Å²) in [5.74, 6) is 0.285. The van der Waals surface area contributed by atoms with Crippen molar-refractivity contribution in [3.8, 4) is 11.1 Å². The minimum Gasteiger partial charge on any atom is -0.352 e. The van der Waals surface area contributed by atoms with Crippen molar-refractivity contribution in [1.82, 2.24) is 19.8 Å². The fourth-order valence-electron chi connectivity index (χ4n) is 6.13. The second-order valence-electron chi connectivity index (χ2n) is 11.4. The number of aromatic nitrogens is 2. The average Bonchev–Trinajstić information content (AvgIpc) is 3.04. The normalized spacial score (nSPS) is 19.2. The smallest absolute Gasteiger partial charge is 0.352 e. The second kappa shape index (κ2) is 9.26. The first-order valence-corrected chi connectivity index (χ1v) is 14.9. The van der Waals surface area contributed by atoms with E-state index in [1.807, 2.05) is 31.1 Å². The van der Waals surface area contributed by atoms with Gasteiger partial charge in [-0.15, -0.1) is 0 Å². The van der Waals surface area contributed by atoms with Gasteiger partial charge >= 0.3 is 6.18 Å². The van der Waals surface area contributed by atoms with Crippen LogP contribution in [0.2, 0.25) is 0 Å². The zero-order valence-corrected chi connectivity index (χ0v) is 23.8. The number of fused-ring (bicyclic) bond motifs is 4. The maximum Gasteiger partial charge on any atom is 0.401 e. The average molecular weight is 590 g/mol. The van der Waals surface area contributed by atoms with Crippen LogP contribution in [0.15, 0.2) is 36.7 Å². The van der Waals surface area contributed by atoms with Crippen LogP contribution < -0.4 is 14.5 Å². The monoisotopic (exact) mass is 589 g/mol. The summed E-state index contributed by atoms with van der Waals surface area (Å²) < 4.78 is 66.2. The van der Waals surface area contributed by atoms with E-state index in [1.165, 1.54) is 9.80 Å². The van der Waals surface area contributed by atoms with Crippen LogP contribution in [0, 0.1) is 0 Å². The van der Waals surface area contributed by atoms with Crippen LogP contribution in [0.4, 0.5) is 30.4 Å². The SMILES string of the molecule is CN1C(=O)C2(CN(CC(F)(F)F)C2)c2c1cnc1ccc(-c3cnc(N4CC(N(C)C)C4)c(NS(C)(=O)=O)c3)cc21. The largest absolute Gasteiger partial charge is 0.401 e. The predicted molar refractivity (Wildman–Crippen MR) is 151 cm³/mol. The van der Waals surface area contributed by atoms with Crippen molar-refractivity contribution in [2.75, 3.05) is 74.6 Å². The minimum atomic E-state index is -4.36. The van der Waals surface area contributed by atoms with Gasteiger partial charge in [-0.3, -0.25) is 19.4 Å². The van der Waals surface area contributed by atoms with Gasteiger partial charge in [-0.2, -0.15) is 13.2 Å². The van der Waals surface area contributed by atoms with E-state index in [9.17, 15) is 26.4 Å². The van der Waals surface area contributed by atoms with Gasteiger partial charge in [0.15, 0.2) is 5.82 Å². The van der Waals surface area contributed by atoms with Gasteiger partial charge in [0.1, 0.15) is 5.41 Å². The van der Waals surface area contributed by atoms with Crippen LogP contribution in [0.25, 0.3) is 22.0 Å². The quantitative estimate of drug-likeness (QED) is 0.468. The number of carbonyl (C=O) groups excluding carboxylic acids is 1. The Bertz CT molecular complexity index is 1670. The molecule has 3 aliphatic heterocycles. The Labute approximate surface area is 235 Å². The number of pyridine rings is 2. The van der Waals surface area contributed by atoms with Crippen molar-refractivity contribution in [3.63, 3.8) is 0 Å². The zero-order chi connectivity index (χ0) is 29.5. The number of nitrogens with zero attached hydrogens (tertiary/aromatic N) is 6. The van der Waals surface area contributed by atoms with Crippen LogP contribution in [0.1, 0.15) is 5.56 Å². The number of hydrogen-bond donors (Lipinski definition) is 1. The van der Waals surface area contributed by atoms with E-state index in [2.05, 4.69) is 19.6 Å². The number of halogens is 3. The molecule has 2 saturated heterocycles. The third-order valence-corrected chi connectivity index (χ3v) is 8.77. The number of carbonyl (C=O) groups is 1. The topological polar surface area (TPSA) is 102 Å². The third kappa shape index (κ3) is 4.77. The molecule has 10 nitrogen and oxygen atoms in total. The van der Waals surface area contributed by atoms with Gasteiger partial charge < -0.3 is 14.7 Å². The van der Waals surface area contributed by atoms with Crippen molar-refractivity contribution in [2.24, 2.45) is 0 Å². The maximum atomic E-state index is 13.4. The van der Waals surface area contributed by atoms with Crippen LogP contribution in [-0.4, -0.2) is 106 Å². The third-order valence-electron chi connectivity index (χ3n) is 8.18. The molecule has 0 bridgehead atoms. The highest BCUT2D eigenvalue weighted by molar-refractivity contribution is 7.92. The summed E-state index contributed by atoms with van der Waals surface area (Å²) in [5.41, 5.74) is 2.48. The molecule has 5 heterocycles. The van der Waals surface area contributed by atoms with E-state index in [4.69, 9.17) is 0 Å². The van der Waals surface area contributed by atoms with Gasteiger partial charge in [0.05, 0.1) is 35.9 Å². The highest BCUT2D eigenvalue weighted by Gasteiger charge is 2.59. The number of likely N-dealkylation sites (N-methyl/N-ethyl adjacent to an activating group) is 2. The Balaban J connectivity index is 1.40. The number of anilines is 3. The van der Waals surface area contributed by atoms with E-state index in [0.717, 1.165) is 6.26 Å². The molecule has 0 aliphatic carbocycles. The molecular weight excluding hydrogens is 559 g/mol. The molecule has 0 saturated carbocycles. The Morgan fingerprint density at radius 2 is 1.80 bits per heavy atom. The number of hydrogen-bond acceptors (Lipinski definition) is 8. The van der Waals surface area contributed by atoms with E-state index >= 15 is 0 Å². The summed E-state index contributed by atoms with van der Waals surface area (Å²) >= 11 is 0. The van der Waals surface area contributed by atoms with Crippen LogP contribution in [0.3, 0.4) is 0 Å². The lowest BCUT2D eigenvalue weighted by Crippen LogP contribution is -2.65. The summed E-state index contributed by atoms with van der Waals surface area (Å²) in [4.78, 5) is 29.3. The predicted octanol–water partition coefficient (Wildman–Crippen LogP) is 2.51. The lowest BCUT2D eigenvalue weighted by Gasteiger charge is -2.47. The molecule has 0 atom stereocenters. The van der Waals surface area contributed by atoms with E-state index < -0.39 is 28.2 Å². The number of alkyl halides is 3. The maximum absolute atomic E-state index is 13.4. The van der Waals surface area contributed by atoms with Gasteiger partial charge in [0.2, 0.25) is 15.9 Å². The van der Waals surface area contributed by atoms with Gasteiger partial charge in [-0.05, 0) is 37.9 Å². The summed E-state index contributed by atoms with van der Waals surface area (Å²) in [5, 5.41) is 0.669. The molecule has 3 aromatic rings. The first-order valence-electron chi connectivity index (χ1n) is 13.1. The molecule has 0 radical (unpaired) electrons. The highest BCUT2D eigenvalue weighted by atomic mass is 32.2. The first-order chi connectivity index (χ1) is 19.1. The van der Waals surface area contributed by atoms with E-state index in [0.29, 0.717) is 63.9 Å². The lowest BCUT2D eigenvalue weighted by atomic mass is 9.73. The Morgan fingerprint density at radius 3 is 2.44 bits per heavy atom. The number of nitrogens with one attached hydrogen (secondary N) is 1. The first kappa shape index (κ1) is 27.7. The van der Waals surface area contributed by atoms with Crippen molar-refractivity contribution < 1.29 is 26.4 Å². The molecule has 218 valence electrons. The zero-order valence-electron chi connectivity index (χ0n) is 23.0. The molecule has 3 aliphatic rings. The molecule has 1 spiro atoms. The molecule has 1 amide bonds. The van der Waals surface area contributed by atoms with E-state index in [1.54, 1.807) is 31.6 Å². The Morgan fingerprint density at radius 1 is 1.10 bits per heavy atom. The fraction of sp³-hybridized carbons (Fsp3) is 0.444. The highest BCUT2D eigenvalue weighted by Crippen LogP contribution is 2.50. The molecule has 1 aromatic carbocycles. The van der Waals surface area contributed by atoms with Gasteiger partial charge in [-0.25, -0.2) is 13.4 Å². The van der Waals surface area contributed by atoms with Crippen LogP contribution >= 0.6 is 0 Å². The minimum absolute atomic E-state index is 0.0333. The van der Waals surface area contributed by atoms with Gasteiger partial charge in [0, 0.05) is 62.0 Å². The molecule has 2 fully saturated rings. The summed E-state index contributed by atoms with van der Waals surface area (Å²) in [6.07, 6.45) is -0.00738. The summed E-state index contributed by atoms with van der Waals surface area (Å²) in [7, 11) is 2.00. The molecule has 41 heavy (non-hydrogen) atoms. The Kier molecular flexibility index (Phi) is 6.25. The molecule has 0 unspecified atom stereocenters. The standard InChI is InChI=1S/C27H30F3N7O3S/c1-34(2)18-11-37(12-18)24-21(33-41(4,39)40)8-17(9-32-24)16-5-6-20-19(7-16)23-22(10-31-20)35(3)25(38)26(23)13-36(14-26)15-27(28,29)30/h5-10,18,33H,11-15H2,1-4H3. The molecule has 6 rings (SSSR count). The van der Waals surface area contributed by atoms with Crippen molar-refractivity contribution in [1.29, 1.82) is 0 Å². The number of likely N-dealkylation sites (tertiary alicyclic amines) is 1. The van der Waals surface area contributed by atoms with Gasteiger partial charge in [-0.1, -0.05) is 6.07 Å². The number of amides is 1. The fourth-order valence-corrected chi connectivity index (χ4v) is 6.68. The van der Waals surface area contributed by atoms with E-state index in [-0.39, 0.29) is 19.0 Å². The number of benzene rings is 1. The van der Waals surface area contributed by atoms with Gasteiger partial charge in [0.25, 0.3) is 0 Å². The van der Waals surface area contributed by atoms with Crippen molar-refractivity contribution >= 4 is 44.0 Å². The lowest BCUT2D eigenvalue weighted by molar-refractivity contribution is -0.165. The van der Waals surface area contributed by atoms with Crippen molar-refractivity contribution in [2.45, 2.75) is 17.6 Å². The number of rotatable bonds is 6. The molecule has 1 N–H and O–H groups in total. The summed E-state index contributed by atoms with van der Waals surface area (Å²) in [6, 6.07) is 7.55. The molecule has 2 aromatic heterocycles. The molecular formula is C27H30F3N7O3S. The second-order valence-corrected chi connectivity index (χ2v) is 13.2. The van der Waals surface area contributed by atoms with Crippen LogP contribution in [0.5, 0.6) is 0 Å². The summed E-state index contributed by atoms with van der Waals surface area (Å²) in [6.45, 7) is 0.278.